The Morgan fingerprint density at radius 3 is 2.71 bits per heavy atom. The highest BCUT2D eigenvalue weighted by molar-refractivity contribution is 7.10. The van der Waals surface area contributed by atoms with Crippen molar-refractivity contribution in [2.24, 2.45) is 10.9 Å². The molecule has 0 aromatic carbocycles. The van der Waals surface area contributed by atoms with Gasteiger partial charge in [-0.05, 0) is 63.6 Å². The van der Waals surface area contributed by atoms with Crippen LogP contribution < -0.4 is 10.6 Å². The van der Waals surface area contributed by atoms with Crippen LogP contribution >= 0.6 is 11.3 Å². The Balaban J connectivity index is 1.49. The van der Waals surface area contributed by atoms with E-state index in [1.165, 1.54) is 29.8 Å². The minimum absolute atomic E-state index is 0.509. The van der Waals surface area contributed by atoms with E-state index in [2.05, 4.69) is 63.5 Å². The third kappa shape index (κ3) is 5.82. The van der Waals surface area contributed by atoms with Gasteiger partial charge in [0.2, 0.25) is 0 Å². The summed E-state index contributed by atoms with van der Waals surface area (Å²) in [5, 5.41) is 9.49. The molecule has 6 heteroatoms. The highest BCUT2D eigenvalue weighted by Gasteiger charge is 2.31. The first-order valence-electron chi connectivity index (χ1n) is 10.6. The van der Waals surface area contributed by atoms with Gasteiger partial charge in [-0.15, -0.1) is 11.3 Å². The number of hydrogen-bond donors (Lipinski definition) is 2. The first-order chi connectivity index (χ1) is 13.6. The van der Waals surface area contributed by atoms with Crippen molar-refractivity contribution < 1.29 is 0 Å². The Kier molecular flexibility index (Phi) is 7.94. The lowest BCUT2D eigenvalue weighted by molar-refractivity contribution is 0.125. The molecule has 0 amide bonds. The van der Waals surface area contributed by atoms with E-state index >= 15 is 0 Å². The Morgan fingerprint density at radius 1 is 1.29 bits per heavy atom. The van der Waals surface area contributed by atoms with Gasteiger partial charge in [0, 0.05) is 50.2 Å². The van der Waals surface area contributed by atoms with Crippen LogP contribution in [0.25, 0.3) is 0 Å². The third-order valence-electron chi connectivity index (χ3n) is 6.02. The normalized spacial score (nSPS) is 25.6. The van der Waals surface area contributed by atoms with E-state index in [0.717, 1.165) is 45.0 Å². The second kappa shape index (κ2) is 10.4. The SMILES string of the molecule is C=C(C)CN1CCC(NC(=NC)NCC2CCCN(C)C2c2cccs2)CC1. The molecular weight excluding hydrogens is 366 g/mol. The van der Waals surface area contributed by atoms with Crippen molar-refractivity contribution in [2.75, 3.05) is 46.8 Å². The van der Waals surface area contributed by atoms with Crippen LogP contribution in [0.5, 0.6) is 0 Å². The standard InChI is InChI=1S/C22H37N5S/c1-17(2)16-27-12-9-19(10-13-27)25-22(23-3)24-15-18-7-5-11-26(4)21(18)20-8-6-14-28-20/h6,8,14,18-19,21H,1,5,7,9-13,15-16H2,2-4H3,(H2,23,24,25). The summed E-state index contributed by atoms with van der Waals surface area (Å²) in [6.45, 7) is 11.6. The van der Waals surface area contributed by atoms with Crippen LogP contribution in [0.15, 0.2) is 34.7 Å². The van der Waals surface area contributed by atoms with Crippen LogP contribution in [0.3, 0.4) is 0 Å². The summed E-state index contributed by atoms with van der Waals surface area (Å²) in [5.41, 5.74) is 1.25. The van der Waals surface area contributed by atoms with Gasteiger partial charge in [-0.2, -0.15) is 0 Å². The molecule has 5 nitrogen and oxygen atoms in total. The zero-order valence-electron chi connectivity index (χ0n) is 17.8. The van der Waals surface area contributed by atoms with Gasteiger partial charge in [0.15, 0.2) is 5.96 Å². The Hall–Kier alpha value is -1.37. The van der Waals surface area contributed by atoms with Gasteiger partial charge in [0.25, 0.3) is 0 Å². The second-order valence-electron chi connectivity index (χ2n) is 8.45. The quantitative estimate of drug-likeness (QED) is 0.434. The Labute approximate surface area is 174 Å². The maximum absolute atomic E-state index is 4.50. The monoisotopic (exact) mass is 403 g/mol. The lowest BCUT2D eigenvalue weighted by Gasteiger charge is -2.39. The van der Waals surface area contributed by atoms with Gasteiger partial charge in [0.05, 0.1) is 0 Å². The molecule has 2 atom stereocenters. The maximum Gasteiger partial charge on any atom is 0.191 e. The van der Waals surface area contributed by atoms with Crippen LogP contribution in [-0.2, 0) is 0 Å². The molecule has 0 aliphatic carbocycles. The molecule has 2 aliphatic heterocycles. The van der Waals surface area contributed by atoms with Crippen molar-refractivity contribution in [1.29, 1.82) is 0 Å². The van der Waals surface area contributed by atoms with Crippen LogP contribution in [0.1, 0.15) is 43.5 Å². The van der Waals surface area contributed by atoms with Gasteiger partial charge in [-0.25, -0.2) is 0 Å². The van der Waals surface area contributed by atoms with Gasteiger partial charge in [-0.1, -0.05) is 18.2 Å². The summed E-state index contributed by atoms with van der Waals surface area (Å²) in [6, 6.07) is 5.49. The fourth-order valence-electron chi connectivity index (χ4n) is 4.62. The average molecular weight is 404 g/mol. The fraction of sp³-hybridized carbons (Fsp3) is 0.682. The number of guanidine groups is 1. The topological polar surface area (TPSA) is 42.9 Å². The number of likely N-dealkylation sites (tertiary alicyclic amines) is 2. The minimum atomic E-state index is 0.509. The number of aliphatic imine (C=N–C) groups is 1. The first kappa shape index (κ1) is 21.3. The fourth-order valence-corrected chi connectivity index (χ4v) is 5.60. The second-order valence-corrected chi connectivity index (χ2v) is 9.43. The average Bonchev–Trinajstić information content (AvgIpc) is 3.20. The van der Waals surface area contributed by atoms with Gasteiger partial charge in [-0.3, -0.25) is 14.8 Å². The molecular formula is C22H37N5S. The predicted octanol–water partition coefficient (Wildman–Crippen LogP) is 3.34. The molecule has 3 heterocycles. The molecule has 0 saturated carbocycles. The molecule has 156 valence electrons. The van der Waals surface area contributed by atoms with E-state index in [0.29, 0.717) is 18.0 Å². The largest absolute Gasteiger partial charge is 0.356 e. The van der Waals surface area contributed by atoms with Crippen molar-refractivity contribution >= 4 is 17.3 Å². The number of hydrogen-bond acceptors (Lipinski definition) is 4. The molecule has 1 aromatic rings. The minimum Gasteiger partial charge on any atom is -0.356 e. The molecule has 28 heavy (non-hydrogen) atoms. The number of piperidine rings is 2. The van der Waals surface area contributed by atoms with Crippen LogP contribution in [0.2, 0.25) is 0 Å². The van der Waals surface area contributed by atoms with Crippen LogP contribution in [0.4, 0.5) is 0 Å². The van der Waals surface area contributed by atoms with Crippen molar-refractivity contribution in [2.45, 2.75) is 44.7 Å². The van der Waals surface area contributed by atoms with Crippen molar-refractivity contribution in [3.63, 3.8) is 0 Å². The molecule has 0 bridgehead atoms. The third-order valence-corrected chi connectivity index (χ3v) is 6.96. The van der Waals surface area contributed by atoms with E-state index in [9.17, 15) is 0 Å². The van der Waals surface area contributed by atoms with E-state index in [4.69, 9.17) is 0 Å². The van der Waals surface area contributed by atoms with E-state index in [1.54, 1.807) is 0 Å². The zero-order chi connectivity index (χ0) is 19.9. The number of rotatable bonds is 6. The van der Waals surface area contributed by atoms with Gasteiger partial charge in [0.1, 0.15) is 0 Å². The highest BCUT2D eigenvalue weighted by atomic mass is 32.1. The van der Waals surface area contributed by atoms with Crippen molar-refractivity contribution in [3.8, 4) is 0 Å². The highest BCUT2D eigenvalue weighted by Crippen LogP contribution is 2.36. The van der Waals surface area contributed by atoms with Crippen LogP contribution in [-0.4, -0.2) is 68.6 Å². The summed E-state index contributed by atoms with van der Waals surface area (Å²) >= 11 is 1.88. The van der Waals surface area contributed by atoms with Crippen molar-refractivity contribution in [3.05, 3.63) is 34.5 Å². The van der Waals surface area contributed by atoms with Crippen molar-refractivity contribution in [1.82, 2.24) is 20.4 Å². The first-order valence-corrected chi connectivity index (χ1v) is 11.5. The zero-order valence-corrected chi connectivity index (χ0v) is 18.6. The molecule has 2 fully saturated rings. The summed E-state index contributed by atoms with van der Waals surface area (Å²) in [5.74, 6) is 1.57. The Bertz CT molecular complexity index is 633. The van der Waals surface area contributed by atoms with E-state index in [-0.39, 0.29) is 0 Å². The number of nitrogens with one attached hydrogen (secondary N) is 2. The molecule has 3 rings (SSSR count). The Morgan fingerprint density at radius 2 is 2.07 bits per heavy atom. The smallest absolute Gasteiger partial charge is 0.191 e. The van der Waals surface area contributed by atoms with Gasteiger partial charge < -0.3 is 10.6 Å². The molecule has 2 unspecified atom stereocenters. The van der Waals surface area contributed by atoms with E-state index in [1.807, 2.05) is 18.4 Å². The molecule has 0 radical (unpaired) electrons. The summed E-state index contributed by atoms with van der Waals surface area (Å²) in [6.07, 6.45) is 4.88. The molecule has 1 aromatic heterocycles. The predicted molar refractivity (Wildman–Crippen MR) is 121 cm³/mol. The molecule has 2 aliphatic rings. The number of thiophene rings is 1. The van der Waals surface area contributed by atoms with E-state index < -0.39 is 0 Å². The van der Waals surface area contributed by atoms with Crippen LogP contribution in [0, 0.1) is 5.92 Å². The molecule has 2 N–H and O–H groups in total. The molecule has 2 saturated heterocycles. The molecule has 0 spiro atoms. The lowest BCUT2D eigenvalue weighted by Crippen LogP contribution is -2.50. The lowest BCUT2D eigenvalue weighted by atomic mass is 9.88. The van der Waals surface area contributed by atoms with Gasteiger partial charge >= 0.3 is 0 Å². The summed E-state index contributed by atoms with van der Waals surface area (Å²) in [7, 11) is 4.15. The number of nitrogens with zero attached hydrogens (tertiary/aromatic N) is 3. The summed E-state index contributed by atoms with van der Waals surface area (Å²) < 4.78 is 0. The maximum atomic E-state index is 4.50. The summed E-state index contributed by atoms with van der Waals surface area (Å²) in [4.78, 5) is 11.0.